The van der Waals surface area contributed by atoms with Crippen LogP contribution in [0.5, 0.6) is 0 Å². The summed E-state index contributed by atoms with van der Waals surface area (Å²) >= 11 is 5.95. The van der Waals surface area contributed by atoms with Crippen molar-refractivity contribution >= 4 is 23.4 Å². The Morgan fingerprint density at radius 3 is 2.67 bits per heavy atom. The van der Waals surface area contributed by atoms with E-state index in [1.807, 2.05) is 0 Å². The van der Waals surface area contributed by atoms with Gasteiger partial charge in [0.25, 0.3) is 0 Å². The minimum atomic E-state index is -1.00. The highest BCUT2D eigenvalue weighted by Gasteiger charge is 2.56. The summed E-state index contributed by atoms with van der Waals surface area (Å²) in [7, 11) is 1.59. The molecule has 1 aromatic carbocycles. The molecule has 2 heterocycles. The van der Waals surface area contributed by atoms with Crippen molar-refractivity contribution in [3.05, 3.63) is 34.9 Å². The minimum absolute atomic E-state index is 0.162. The molecule has 21 heavy (non-hydrogen) atoms. The first-order chi connectivity index (χ1) is 10.1. The topological polar surface area (TPSA) is 55.8 Å². The standard InChI is InChI=1S/C15H16ClNO4/c1-20-17-7-5-15(6-8-17)13(18)12(14(19)21-15)10-3-2-4-11(16)9-10/h2-4,9,12H,5-8H2,1H3. The Bertz CT molecular complexity index is 581. The zero-order valence-electron chi connectivity index (χ0n) is 11.7. The molecule has 0 bridgehead atoms. The third kappa shape index (κ3) is 2.46. The van der Waals surface area contributed by atoms with E-state index in [4.69, 9.17) is 21.2 Å². The zero-order chi connectivity index (χ0) is 15.0. The number of esters is 1. The average Bonchev–Trinajstić information content (AvgIpc) is 2.71. The second-order valence-corrected chi connectivity index (χ2v) is 5.82. The lowest BCUT2D eigenvalue weighted by molar-refractivity contribution is -0.184. The lowest BCUT2D eigenvalue weighted by Gasteiger charge is -2.35. The Morgan fingerprint density at radius 2 is 2.05 bits per heavy atom. The maximum atomic E-state index is 12.8. The monoisotopic (exact) mass is 309 g/mol. The van der Waals surface area contributed by atoms with E-state index in [1.54, 1.807) is 36.4 Å². The van der Waals surface area contributed by atoms with Crippen LogP contribution in [0.4, 0.5) is 0 Å². The molecule has 0 aromatic heterocycles. The van der Waals surface area contributed by atoms with Crippen LogP contribution in [0, 0.1) is 0 Å². The van der Waals surface area contributed by atoms with E-state index in [9.17, 15) is 9.59 Å². The molecule has 1 atom stereocenters. The molecule has 1 unspecified atom stereocenters. The van der Waals surface area contributed by atoms with Gasteiger partial charge in [-0.05, 0) is 17.7 Å². The molecule has 3 rings (SSSR count). The SMILES string of the molecule is CON1CCC2(CC1)OC(=O)C(c1cccc(Cl)c1)C2=O. The Hall–Kier alpha value is -1.43. The number of Topliss-reactive ketones (excluding diaryl/α,β-unsaturated/α-hetero) is 1. The summed E-state index contributed by atoms with van der Waals surface area (Å²) in [6.07, 6.45) is 0.922. The number of piperidine rings is 1. The number of hydrogen-bond donors (Lipinski definition) is 0. The van der Waals surface area contributed by atoms with Crippen LogP contribution >= 0.6 is 11.6 Å². The van der Waals surface area contributed by atoms with Crippen LogP contribution in [-0.4, -0.2) is 42.6 Å². The second kappa shape index (κ2) is 5.40. The highest BCUT2D eigenvalue weighted by Crippen LogP contribution is 2.41. The van der Waals surface area contributed by atoms with E-state index in [1.165, 1.54) is 0 Å². The number of carbonyl (C=O) groups is 2. The van der Waals surface area contributed by atoms with Crippen LogP contribution in [0.25, 0.3) is 0 Å². The molecule has 6 heteroatoms. The number of benzene rings is 1. The van der Waals surface area contributed by atoms with E-state index < -0.39 is 17.5 Å². The summed E-state index contributed by atoms with van der Waals surface area (Å²) in [6, 6.07) is 6.83. The van der Waals surface area contributed by atoms with E-state index in [0.29, 0.717) is 36.5 Å². The van der Waals surface area contributed by atoms with Crippen molar-refractivity contribution < 1.29 is 19.2 Å². The highest BCUT2D eigenvalue weighted by atomic mass is 35.5. The summed E-state index contributed by atoms with van der Waals surface area (Å²) in [5.74, 6) is -1.50. The predicted octanol–water partition coefficient (Wildman–Crippen LogP) is 1.95. The molecule has 0 N–H and O–H groups in total. The molecule has 2 saturated heterocycles. The highest BCUT2D eigenvalue weighted by molar-refractivity contribution is 6.30. The second-order valence-electron chi connectivity index (χ2n) is 5.38. The Kier molecular flexibility index (Phi) is 3.73. The molecule has 0 amide bonds. The van der Waals surface area contributed by atoms with Crippen molar-refractivity contribution in [1.29, 1.82) is 0 Å². The summed E-state index contributed by atoms with van der Waals surface area (Å²) < 4.78 is 5.49. The number of ether oxygens (including phenoxy) is 1. The summed E-state index contributed by atoms with van der Waals surface area (Å²) in [6.45, 7) is 1.13. The molecule has 2 aliphatic heterocycles. The van der Waals surface area contributed by atoms with E-state index in [-0.39, 0.29) is 5.78 Å². The Balaban J connectivity index is 1.86. The molecular formula is C15H16ClNO4. The zero-order valence-corrected chi connectivity index (χ0v) is 12.4. The van der Waals surface area contributed by atoms with Crippen molar-refractivity contribution in [2.45, 2.75) is 24.4 Å². The van der Waals surface area contributed by atoms with Crippen LogP contribution in [-0.2, 0) is 19.2 Å². The first kappa shape index (κ1) is 14.5. The third-order valence-corrected chi connectivity index (χ3v) is 4.45. The predicted molar refractivity (Wildman–Crippen MR) is 75.8 cm³/mol. The van der Waals surface area contributed by atoms with Gasteiger partial charge >= 0.3 is 5.97 Å². The normalized spacial score (nSPS) is 25.3. The van der Waals surface area contributed by atoms with Crippen molar-refractivity contribution in [3.63, 3.8) is 0 Å². The molecule has 1 spiro atoms. The van der Waals surface area contributed by atoms with Gasteiger partial charge in [0.2, 0.25) is 0 Å². The van der Waals surface area contributed by atoms with Gasteiger partial charge in [-0.2, -0.15) is 5.06 Å². The third-order valence-electron chi connectivity index (χ3n) is 4.21. The summed E-state index contributed by atoms with van der Waals surface area (Å²) in [5, 5.41) is 2.27. The van der Waals surface area contributed by atoms with Crippen LogP contribution < -0.4 is 0 Å². The van der Waals surface area contributed by atoms with E-state index in [2.05, 4.69) is 0 Å². The van der Waals surface area contributed by atoms with Gasteiger partial charge in [0.05, 0.1) is 7.11 Å². The molecule has 5 nitrogen and oxygen atoms in total. The molecule has 0 aliphatic carbocycles. The quantitative estimate of drug-likeness (QED) is 0.617. The molecule has 2 aliphatic rings. The number of hydroxylamine groups is 2. The van der Waals surface area contributed by atoms with Crippen LogP contribution in [0.3, 0.4) is 0 Å². The van der Waals surface area contributed by atoms with E-state index in [0.717, 1.165) is 0 Å². The Labute approximate surface area is 127 Å². The largest absolute Gasteiger partial charge is 0.450 e. The first-order valence-electron chi connectivity index (χ1n) is 6.87. The van der Waals surface area contributed by atoms with Gasteiger partial charge in [-0.1, -0.05) is 23.7 Å². The lowest BCUT2D eigenvalue weighted by Crippen LogP contribution is -2.48. The summed E-state index contributed by atoms with van der Waals surface area (Å²) in [4.78, 5) is 30.1. The van der Waals surface area contributed by atoms with Gasteiger partial charge in [-0.25, -0.2) is 0 Å². The smallest absolute Gasteiger partial charge is 0.322 e. The molecule has 0 radical (unpaired) electrons. The van der Waals surface area contributed by atoms with Crippen LogP contribution in [0.1, 0.15) is 24.3 Å². The number of nitrogens with zero attached hydrogens (tertiary/aromatic N) is 1. The number of halogens is 1. The van der Waals surface area contributed by atoms with Gasteiger partial charge in [0.1, 0.15) is 5.92 Å². The Morgan fingerprint density at radius 1 is 1.33 bits per heavy atom. The number of hydrogen-bond acceptors (Lipinski definition) is 5. The number of rotatable bonds is 2. The fraction of sp³-hybridized carbons (Fsp3) is 0.467. The average molecular weight is 310 g/mol. The van der Waals surface area contributed by atoms with Gasteiger partial charge < -0.3 is 9.57 Å². The van der Waals surface area contributed by atoms with Gasteiger partial charge in [0, 0.05) is 31.0 Å². The molecule has 0 saturated carbocycles. The van der Waals surface area contributed by atoms with E-state index >= 15 is 0 Å². The minimum Gasteiger partial charge on any atom is -0.450 e. The molecule has 2 fully saturated rings. The molecule has 112 valence electrons. The van der Waals surface area contributed by atoms with Gasteiger partial charge in [0.15, 0.2) is 11.4 Å². The molecule has 1 aromatic rings. The summed E-state index contributed by atoms with van der Waals surface area (Å²) in [5.41, 5.74) is -0.400. The number of ketones is 1. The van der Waals surface area contributed by atoms with Crippen LogP contribution in [0.15, 0.2) is 24.3 Å². The maximum Gasteiger partial charge on any atom is 0.322 e. The molecular weight excluding hydrogens is 294 g/mol. The van der Waals surface area contributed by atoms with Gasteiger partial charge in [-0.3, -0.25) is 9.59 Å². The fourth-order valence-corrected chi connectivity index (χ4v) is 3.22. The number of carbonyl (C=O) groups excluding carboxylic acids is 2. The lowest BCUT2D eigenvalue weighted by atomic mass is 9.82. The first-order valence-corrected chi connectivity index (χ1v) is 7.25. The van der Waals surface area contributed by atoms with Crippen molar-refractivity contribution in [3.8, 4) is 0 Å². The fourth-order valence-electron chi connectivity index (χ4n) is 3.02. The van der Waals surface area contributed by atoms with Crippen molar-refractivity contribution in [2.24, 2.45) is 0 Å². The van der Waals surface area contributed by atoms with Crippen molar-refractivity contribution in [1.82, 2.24) is 5.06 Å². The maximum absolute atomic E-state index is 12.8. The van der Waals surface area contributed by atoms with Crippen molar-refractivity contribution in [2.75, 3.05) is 20.2 Å². The van der Waals surface area contributed by atoms with Crippen LogP contribution in [0.2, 0.25) is 5.02 Å². The van der Waals surface area contributed by atoms with Gasteiger partial charge in [-0.15, -0.1) is 0 Å².